The van der Waals surface area contributed by atoms with E-state index in [2.05, 4.69) is 0 Å². The van der Waals surface area contributed by atoms with Crippen LogP contribution in [0.4, 0.5) is 4.39 Å². The van der Waals surface area contributed by atoms with Crippen LogP contribution in [0.25, 0.3) is 0 Å². The molecule has 3 atom stereocenters. The van der Waals surface area contributed by atoms with Gasteiger partial charge in [-0.05, 0) is 24.6 Å². The van der Waals surface area contributed by atoms with Gasteiger partial charge >= 0.3 is 5.97 Å². The monoisotopic (exact) mass is 264 g/mol. The van der Waals surface area contributed by atoms with Gasteiger partial charge in [-0.1, -0.05) is 12.1 Å². The molecule has 19 heavy (non-hydrogen) atoms. The Morgan fingerprint density at radius 2 is 1.84 bits per heavy atom. The molecule has 0 aromatic heterocycles. The number of carboxylic acid groups (broad SMARTS) is 1. The van der Waals surface area contributed by atoms with E-state index in [0.717, 1.165) is 0 Å². The molecule has 1 aromatic carbocycles. The number of Topliss-reactive ketones (excluding diaryl/α,β-unsaturated/α-hetero) is 2. The summed E-state index contributed by atoms with van der Waals surface area (Å²) in [4.78, 5) is 34.9. The Balaban J connectivity index is 2.41. The Kier molecular flexibility index (Phi) is 3.46. The topological polar surface area (TPSA) is 71.4 Å². The molecular weight excluding hydrogens is 251 g/mol. The molecule has 0 bridgehead atoms. The van der Waals surface area contributed by atoms with Gasteiger partial charge in [0.15, 0.2) is 5.78 Å². The van der Waals surface area contributed by atoms with Crippen molar-refractivity contribution in [2.24, 2.45) is 11.8 Å². The smallest absolute Gasteiger partial charge is 0.314 e. The SMILES string of the molecule is CC1C(=O)CC(c2ccc(F)cc2)C(C(=O)O)C1=O. The number of ketones is 2. The van der Waals surface area contributed by atoms with Gasteiger partial charge in [0, 0.05) is 12.3 Å². The summed E-state index contributed by atoms with van der Waals surface area (Å²) >= 11 is 0. The quantitative estimate of drug-likeness (QED) is 0.826. The highest BCUT2D eigenvalue weighted by Gasteiger charge is 2.45. The maximum Gasteiger partial charge on any atom is 0.314 e. The lowest BCUT2D eigenvalue weighted by molar-refractivity contribution is -0.152. The number of carbonyl (C=O) groups excluding carboxylic acids is 2. The molecule has 0 radical (unpaired) electrons. The number of aliphatic carboxylic acids is 1. The first-order valence-electron chi connectivity index (χ1n) is 5.96. The second kappa shape index (κ2) is 4.91. The minimum Gasteiger partial charge on any atom is -0.481 e. The summed E-state index contributed by atoms with van der Waals surface area (Å²) in [5, 5.41) is 9.19. The lowest BCUT2D eigenvalue weighted by Gasteiger charge is -2.30. The molecule has 0 amide bonds. The standard InChI is InChI=1S/C14H13FO4/c1-7-11(16)6-10(12(13(7)17)14(18)19)8-2-4-9(15)5-3-8/h2-5,7,10,12H,6H2,1H3,(H,18,19). The second-order valence-electron chi connectivity index (χ2n) is 4.77. The maximum absolute atomic E-state index is 12.9. The van der Waals surface area contributed by atoms with Gasteiger partial charge in [-0.15, -0.1) is 0 Å². The van der Waals surface area contributed by atoms with Gasteiger partial charge in [-0.25, -0.2) is 4.39 Å². The van der Waals surface area contributed by atoms with Crippen LogP contribution in [-0.2, 0) is 14.4 Å². The van der Waals surface area contributed by atoms with E-state index >= 15 is 0 Å². The van der Waals surface area contributed by atoms with E-state index in [1.54, 1.807) is 0 Å². The molecule has 2 rings (SSSR count). The fraction of sp³-hybridized carbons (Fsp3) is 0.357. The van der Waals surface area contributed by atoms with Crippen LogP contribution in [-0.4, -0.2) is 22.6 Å². The number of halogens is 1. The van der Waals surface area contributed by atoms with Crippen molar-refractivity contribution in [3.05, 3.63) is 35.6 Å². The van der Waals surface area contributed by atoms with Crippen molar-refractivity contribution >= 4 is 17.5 Å². The predicted octanol–water partition coefficient (Wildman–Crippen LogP) is 1.79. The van der Waals surface area contributed by atoms with Gasteiger partial charge in [-0.3, -0.25) is 14.4 Å². The Morgan fingerprint density at radius 1 is 1.26 bits per heavy atom. The first-order chi connectivity index (χ1) is 8.91. The number of carboxylic acids is 1. The van der Waals surface area contributed by atoms with Gasteiger partial charge in [-0.2, -0.15) is 0 Å². The summed E-state index contributed by atoms with van der Waals surface area (Å²) in [6, 6.07) is 5.24. The lowest BCUT2D eigenvalue weighted by atomic mass is 9.70. The highest BCUT2D eigenvalue weighted by molar-refractivity contribution is 6.12. The predicted molar refractivity (Wildman–Crippen MR) is 64.1 cm³/mol. The zero-order valence-corrected chi connectivity index (χ0v) is 10.3. The summed E-state index contributed by atoms with van der Waals surface area (Å²) < 4.78 is 12.9. The lowest BCUT2D eigenvalue weighted by Crippen LogP contribution is -2.42. The van der Waals surface area contributed by atoms with Crippen molar-refractivity contribution in [3.8, 4) is 0 Å². The molecule has 4 nitrogen and oxygen atoms in total. The number of hydrogen-bond acceptors (Lipinski definition) is 3. The van der Waals surface area contributed by atoms with E-state index in [9.17, 15) is 23.9 Å². The van der Waals surface area contributed by atoms with Gasteiger partial charge in [0.05, 0.1) is 5.92 Å². The molecule has 0 saturated heterocycles. The third-order valence-corrected chi connectivity index (χ3v) is 3.60. The van der Waals surface area contributed by atoms with Crippen LogP contribution in [0.3, 0.4) is 0 Å². The van der Waals surface area contributed by atoms with Crippen LogP contribution in [0, 0.1) is 17.7 Å². The molecule has 1 aromatic rings. The van der Waals surface area contributed by atoms with Crippen molar-refractivity contribution in [2.75, 3.05) is 0 Å². The fourth-order valence-electron chi connectivity index (χ4n) is 2.45. The molecule has 1 saturated carbocycles. The third-order valence-electron chi connectivity index (χ3n) is 3.60. The largest absolute Gasteiger partial charge is 0.481 e. The molecule has 1 aliphatic rings. The van der Waals surface area contributed by atoms with Gasteiger partial charge in [0.2, 0.25) is 0 Å². The summed E-state index contributed by atoms with van der Waals surface area (Å²) in [5.74, 6) is -5.35. The summed E-state index contributed by atoms with van der Waals surface area (Å²) in [7, 11) is 0. The first-order valence-corrected chi connectivity index (χ1v) is 5.96. The Hall–Kier alpha value is -2.04. The Labute approximate surface area is 109 Å². The van der Waals surface area contributed by atoms with Crippen LogP contribution < -0.4 is 0 Å². The molecule has 0 spiro atoms. The maximum atomic E-state index is 12.9. The van der Waals surface area contributed by atoms with Crippen LogP contribution >= 0.6 is 0 Å². The minimum atomic E-state index is -1.24. The second-order valence-corrected chi connectivity index (χ2v) is 4.77. The highest BCUT2D eigenvalue weighted by atomic mass is 19.1. The molecule has 0 aliphatic heterocycles. The van der Waals surface area contributed by atoms with E-state index in [1.165, 1.54) is 31.2 Å². The Morgan fingerprint density at radius 3 is 2.37 bits per heavy atom. The summed E-state index contributed by atoms with van der Waals surface area (Å²) in [6.07, 6.45) is -0.00446. The molecule has 1 N–H and O–H groups in total. The Bertz CT molecular complexity index is 535. The van der Waals surface area contributed by atoms with Crippen molar-refractivity contribution in [2.45, 2.75) is 19.3 Å². The van der Waals surface area contributed by atoms with Crippen molar-refractivity contribution in [1.82, 2.24) is 0 Å². The van der Waals surface area contributed by atoms with Gasteiger partial charge in [0.1, 0.15) is 17.5 Å². The minimum absolute atomic E-state index is 0.00446. The number of rotatable bonds is 2. The van der Waals surface area contributed by atoms with Crippen LogP contribution in [0.15, 0.2) is 24.3 Å². The zero-order chi connectivity index (χ0) is 14.2. The van der Waals surface area contributed by atoms with Crippen molar-refractivity contribution < 1.29 is 23.9 Å². The van der Waals surface area contributed by atoms with E-state index < -0.39 is 35.3 Å². The average Bonchev–Trinajstić information content (AvgIpc) is 2.36. The van der Waals surface area contributed by atoms with Crippen molar-refractivity contribution in [3.63, 3.8) is 0 Å². The van der Waals surface area contributed by atoms with Crippen LogP contribution in [0.5, 0.6) is 0 Å². The van der Waals surface area contributed by atoms with Crippen LogP contribution in [0.2, 0.25) is 0 Å². The van der Waals surface area contributed by atoms with Crippen LogP contribution in [0.1, 0.15) is 24.8 Å². The van der Waals surface area contributed by atoms with E-state index in [0.29, 0.717) is 5.56 Å². The van der Waals surface area contributed by atoms with Gasteiger partial charge < -0.3 is 5.11 Å². The molecule has 1 fully saturated rings. The molecule has 1 aliphatic carbocycles. The number of hydrogen-bond donors (Lipinski definition) is 1. The zero-order valence-electron chi connectivity index (χ0n) is 10.3. The molecule has 5 heteroatoms. The van der Waals surface area contributed by atoms with E-state index in [4.69, 9.17) is 0 Å². The molecule has 100 valence electrons. The van der Waals surface area contributed by atoms with Gasteiger partial charge in [0.25, 0.3) is 0 Å². The van der Waals surface area contributed by atoms with E-state index in [1.807, 2.05) is 0 Å². The summed E-state index contributed by atoms with van der Waals surface area (Å²) in [6.45, 7) is 1.43. The summed E-state index contributed by atoms with van der Waals surface area (Å²) in [5.41, 5.74) is 0.502. The number of carbonyl (C=O) groups is 3. The fourth-order valence-corrected chi connectivity index (χ4v) is 2.45. The van der Waals surface area contributed by atoms with E-state index in [-0.39, 0.29) is 12.2 Å². The average molecular weight is 264 g/mol. The molecular formula is C14H13FO4. The first kappa shape index (κ1) is 13.4. The third kappa shape index (κ3) is 2.41. The molecule has 0 heterocycles. The normalized spacial score (nSPS) is 27.4. The number of benzene rings is 1. The molecule has 3 unspecified atom stereocenters. The van der Waals surface area contributed by atoms with Crippen molar-refractivity contribution in [1.29, 1.82) is 0 Å². The highest BCUT2D eigenvalue weighted by Crippen LogP contribution is 2.36.